The molecule has 1 fully saturated rings. The Balaban J connectivity index is 1.86. The van der Waals surface area contributed by atoms with Gasteiger partial charge in [0.25, 0.3) is 0 Å². The molecule has 6 heteroatoms. The molecule has 5 nitrogen and oxygen atoms in total. The van der Waals surface area contributed by atoms with Crippen molar-refractivity contribution in [2.24, 2.45) is 16.3 Å². The lowest BCUT2D eigenvalue weighted by Crippen LogP contribution is -2.25. The third kappa shape index (κ3) is 4.15. The number of nitrogens with two attached hydrogens (primary N) is 1. The molecule has 1 aromatic carbocycles. The average molecular weight is 295 g/mol. The van der Waals surface area contributed by atoms with Crippen LogP contribution in [0.25, 0.3) is 0 Å². The second kappa shape index (κ2) is 6.87. The van der Waals surface area contributed by atoms with Crippen molar-refractivity contribution in [3.63, 3.8) is 0 Å². The average Bonchev–Trinajstić information content (AvgIpc) is 3.26. The number of oxime groups is 1. The standard InChI is InChI=1S/C15H22FN3O2/c1-21-7-6-15(4-5-15)10-18-9-12-3-2-11(8-13(12)16)14(17)19-20/h2-3,8,18,20H,4-7,9-10H2,1H3,(H2,17,19). The Labute approximate surface area is 124 Å². The fraction of sp³-hybridized carbons (Fsp3) is 0.533. The van der Waals surface area contributed by atoms with E-state index in [-0.39, 0.29) is 11.7 Å². The van der Waals surface area contributed by atoms with Gasteiger partial charge in [-0.05, 0) is 30.7 Å². The van der Waals surface area contributed by atoms with E-state index < -0.39 is 0 Å². The van der Waals surface area contributed by atoms with Gasteiger partial charge in [-0.25, -0.2) is 4.39 Å². The van der Waals surface area contributed by atoms with Crippen molar-refractivity contribution in [3.8, 4) is 0 Å². The molecule has 0 saturated heterocycles. The van der Waals surface area contributed by atoms with Crippen molar-refractivity contribution in [1.82, 2.24) is 5.32 Å². The molecule has 116 valence electrons. The zero-order valence-corrected chi connectivity index (χ0v) is 12.2. The Kier molecular flexibility index (Phi) is 5.14. The molecular formula is C15H22FN3O2. The second-order valence-electron chi connectivity index (χ2n) is 5.64. The van der Waals surface area contributed by atoms with Crippen molar-refractivity contribution in [1.29, 1.82) is 0 Å². The zero-order valence-electron chi connectivity index (χ0n) is 12.2. The van der Waals surface area contributed by atoms with Crippen LogP contribution < -0.4 is 11.1 Å². The van der Waals surface area contributed by atoms with E-state index in [9.17, 15) is 4.39 Å². The predicted octanol–water partition coefficient (Wildman–Crippen LogP) is 1.83. The fourth-order valence-electron chi connectivity index (χ4n) is 2.38. The summed E-state index contributed by atoms with van der Waals surface area (Å²) < 4.78 is 19.0. The van der Waals surface area contributed by atoms with E-state index >= 15 is 0 Å². The number of benzene rings is 1. The molecule has 0 radical (unpaired) electrons. The van der Waals surface area contributed by atoms with Crippen LogP contribution in [0, 0.1) is 11.2 Å². The monoisotopic (exact) mass is 295 g/mol. The number of hydrogen-bond acceptors (Lipinski definition) is 4. The first-order chi connectivity index (χ1) is 10.1. The van der Waals surface area contributed by atoms with Gasteiger partial charge in [-0.3, -0.25) is 0 Å². The molecule has 0 aromatic heterocycles. The molecule has 0 amide bonds. The second-order valence-corrected chi connectivity index (χ2v) is 5.64. The predicted molar refractivity (Wildman–Crippen MR) is 78.8 cm³/mol. The number of methoxy groups -OCH3 is 1. The maximum Gasteiger partial charge on any atom is 0.170 e. The molecule has 4 N–H and O–H groups in total. The molecule has 2 rings (SSSR count). The summed E-state index contributed by atoms with van der Waals surface area (Å²) in [4.78, 5) is 0. The minimum atomic E-state index is -0.353. The van der Waals surface area contributed by atoms with Crippen molar-refractivity contribution in [3.05, 3.63) is 35.1 Å². The van der Waals surface area contributed by atoms with Gasteiger partial charge in [-0.2, -0.15) is 0 Å². The molecule has 1 aliphatic rings. The summed E-state index contributed by atoms with van der Waals surface area (Å²) in [6, 6.07) is 4.58. The minimum absolute atomic E-state index is 0.0927. The third-order valence-corrected chi connectivity index (χ3v) is 4.07. The van der Waals surface area contributed by atoms with Gasteiger partial charge in [-0.1, -0.05) is 17.3 Å². The highest BCUT2D eigenvalue weighted by molar-refractivity contribution is 5.97. The van der Waals surface area contributed by atoms with Gasteiger partial charge >= 0.3 is 0 Å². The smallest absolute Gasteiger partial charge is 0.170 e. The molecule has 0 atom stereocenters. The van der Waals surface area contributed by atoms with E-state index in [2.05, 4.69) is 10.5 Å². The Morgan fingerprint density at radius 3 is 2.86 bits per heavy atom. The number of hydrogen-bond donors (Lipinski definition) is 3. The molecule has 0 bridgehead atoms. The maximum atomic E-state index is 13.9. The maximum absolute atomic E-state index is 13.9. The van der Waals surface area contributed by atoms with Crippen molar-refractivity contribution >= 4 is 5.84 Å². The molecular weight excluding hydrogens is 273 g/mol. The summed E-state index contributed by atoms with van der Waals surface area (Å²) >= 11 is 0. The Morgan fingerprint density at radius 1 is 1.52 bits per heavy atom. The van der Waals surface area contributed by atoms with Crippen molar-refractivity contribution in [2.75, 3.05) is 20.3 Å². The number of amidine groups is 1. The van der Waals surface area contributed by atoms with Gasteiger partial charge in [0.05, 0.1) is 0 Å². The molecule has 21 heavy (non-hydrogen) atoms. The minimum Gasteiger partial charge on any atom is -0.409 e. The Bertz CT molecular complexity index is 516. The molecule has 0 spiro atoms. The number of nitrogens with one attached hydrogen (secondary N) is 1. The molecule has 0 aliphatic heterocycles. The van der Waals surface area contributed by atoms with Crippen LogP contribution in [0.5, 0.6) is 0 Å². The zero-order chi connectivity index (χ0) is 15.3. The summed E-state index contributed by atoms with van der Waals surface area (Å²) in [5.74, 6) is -0.446. The topological polar surface area (TPSA) is 79.9 Å². The van der Waals surface area contributed by atoms with E-state index in [1.54, 1.807) is 19.2 Å². The van der Waals surface area contributed by atoms with Gasteiger partial charge in [0.1, 0.15) is 5.82 Å². The Hall–Kier alpha value is -1.66. The van der Waals surface area contributed by atoms with E-state index in [1.165, 1.54) is 18.9 Å². The van der Waals surface area contributed by atoms with E-state index in [4.69, 9.17) is 15.7 Å². The van der Waals surface area contributed by atoms with E-state index in [0.717, 1.165) is 19.6 Å². The first-order valence-electron chi connectivity index (χ1n) is 7.06. The summed E-state index contributed by atoms with van der Waals surface area (Å²) in [6.07, 6.45) is 3.45. The third-order valence-electron chi connectivity index (χ3n) is 4.07. The SMILES string of the molecule is COCCC1(CNCc2ccc(/C(N)=N/O)cc2F)CC1. The van der Waals surface area contributed by atoms with Crippen LogP contribution in [-0.2, 0) is 11.3 Å². The number of nitrogens with zero attached hydrogens (tertiary/aromatic N) is 1. The number of rotatable bonds is 8. The highest BCUT2D eigenvalue weighted by Crippen LogP contribution is 2.48. The molecule has 0 heterocycles. The molecule has 1 aliphatic carbocycles. The highest BCUT2D eigenvalue weighted by Gasteiger charge is 2.41. The van der Waals surface area contributed by atoms with Crippen LogP contribution in [0.2, 0.25) is 0 Å². The molecule has 0 unspecified atom stereocenters. The van der Waals surface area contributed by atoms with Gasteiger partial charge in [0.15, 0.2) is 5.84 Å². The summed E-state index contributed by atoms with van der Waals surface area (Å²) in [5.41, 5.74) is 6.71. The molecule has 1 aromatic rings. The highest BCUT2D eigenvalue weighted by atomic mass is 19.1. The molecule has 1 saturated carbocycles. The van der Waals surface area contributed by atoms with Crippen LogP contribution >= 0.6 is 0 Å². The van der Waals surface area contributed by atoms with Crippen LogP contribution in [0.15, 0.2) is 23.4 Å². The van der Waals surface area contributed by atoms with E-state index in [0.29, 0.717) is 23.1 Å². The van der Waals surface area contributed by atoms with Crippen LogP contribution in [0.3, 0.4) is 0 Å². The number of ether oxygens (including phenoxy) is 1. The Morgan fingerprint density at radius 2 is 2.29 bits per heavy atom. The van der Waals surface area contributed by atoms with Crippen LogP contribution in [0.1, 0.15) is 30.4 Å². The lowest BCUT2D eigenvalue weighted by molar-refractivity contribution is 0.171. The normalized spacial score (nSPS) is 17.0. The summed E-state index contributed by atoms with van der Waals surface area (Å²) in [6.45, 7) is 2.11. The van der Waals surface area contributed by atoms with Crippen LogP contribution in [-0.4, -0.2) is 31.3 Å². The lowest BCUT2D eigenvalue weighted by atomic mass is 10.0. The van der Waals surface area contributed by atoms with Gasteiger partial charge in [-0.15, -0.1) is 0 Å². The van der Waals surface area contributed by atoms with Gasteiger partial charge < -0.3 is 21.0 Å². The quantitative estimate of drug-likeness (QED) is 0.296. The number of halogens is 1. The fourth-order valence-corrected chi connectivity index (χ4v) is 2.38. The largest absolute Gasteiger partial charge is 0.409 e. The van der Waals surface area contributed by atoms with Crippen molar-refractivity contribution < 1.29 is 14.3 Å². The first kappa shape index (κ1) is 15.7. The van der Waals surface area contributed by atoms with Gasteiger partial charge in [0.2, 0.25) is 0 Å². The van der Waals surface area contributed by atoms with Crippen molar-refractivity contribution in [2.45, 2.75) is 25.8 Å². The summed E-state index contributed by atoms with van der Waals surface area (Å²) in [5, 5.41) is 14.7. The summed E-state index contributed by atoms with van der Waals surface area (Å²) in [7, 11) is 1.71. The van der Waals surface area contributed by atoms with E-state index in [1.807, 2.05) is 0 Å². The van der Waals surface area contributed by atoms with Crippen LogP contribution in [0.4, 0.5) is 4.39 Å². The van der Waals surface area contributed by atoms with Gasteiger partial charge in [0, 0.05) is 37.9 Å². The lowest BCUT2D eigenvalue weighted by Gasteiger charge is -2.15. The first-order valence-corrected chi connectivity index (χ1v) is 7.06.